The van der Waals surface area contributed by atoms with Crippen LogP contribution in [0.25, 0.3) is 0 Å². The van der Waals surface area contributed by atoms with Crippen LogP contribution >= 0.6 is 0 Å². The Balaban J connectivity index is 2.09. The zero-order valence-corrected chi connectivity index (χ0v) is 13.8. The number of aromatic nitrogens is 3. The van der Waals surface area contributed by atoms with Crippen molar-refractivity contribution in [1.29, 1.82) is 0 Å². The van der Waals surface area contributed by atoms with Gasteiger partial charge in [-0.3, -0.25) is 0 Å². The van der Waals surface area contributed by atoms with E-state index in [2.05, 4.69) is 64.1 Å². The largest absolute Gasteiger partial charge is 0.367 e. The number of ether oxygens (including phenoxy) is 1. The molecule has 114 valence electrons. The van der Waals surface area contributed by atoms with Gasteiger partial charge in [-0.1, -0.05) is 5.21 Å². The molecule has 0 amide bonds. The van der Waals surface area contributed by atoms with Crippen molar-refractivity contribution in [1.82, 2.24) is 20.3 Å². The summed E-state index contributed by atoms with van der Waals surface area (Å²) in [6, 6.07) is 0.230. The average molecular weight is 280 g/mol. The van der Waals surface area contributed by atoms with Crippen LogP contribution in [0.5, 0.6) is 0 Å². The predicted octanol–water partition coefficient (Wildman–Crippen LogP) is 2.68. The third kappa shape index (κ3) is 3.58. The van der Waals surface area contributed by atoms with E-state index in [0.29, 0.717) is 0 Å². The van der Waals surface area contributed by atoms with Crippen LogP contribution in [0, 0.1) is 0 Å². The first-order chi connectivity index (χ1) is 8.99. The molecule has 1 aromatic heterocycles. The van der Waals surface area contributed by atoms with Crippen molar-refractivity contribution in [2.24, 2.45) is 0 Å². The molecule has 1 aromatic rings. The number of nitrogens with zero attached hydrogens (tertiary/aromatic N) is 3. The van der Waals surface area contributed by atoms with E-state index < -0.39 is 0 Å². The highest BCUT2D eigenvalue weighted by Crippen LogP contribution is 2.44. The van der Waals surface area contributed by atoms with E-state index in [9.17, 15) is 0 Å². The normalized spacial score (nSPS) is 25.1. The Morgan fingerprint density at radius 2 is 2.00 bits per heavy atom. The number of rotatable bonds is 3. The van der Waals surface area contributed by atoms with Crippen molar-refractivity contribution in [2.45, 2.75) is 84.2 Å². The van der Waals surface area contributed by atoms with E-state index in [1.54, 1.807) is 0 Å². The van der Waals surface area contributed by atoms with Crippen molar-refractivity contribution in [3.63, 3.8) is 0 Å². The summed E-state index contributed by atoms with van der Waals surface area (Å²) in [4.78, 5) is 0. The fourth-order valence-electron chi connectivity index (χ4n) is 2.85. The molecule has 1 atom stereocenters. The molecule has 0 radical (unpaired) electrons. The Bertz CT molecular complexity index is 470. The fourth-order valence-corrected chi connectivity index (χ4v) is 2.85. The quantitative estimate of drug-likeness (QED) is 0.925. The molecule has 20 heavy (non-hydrogen) atoms. The van der Waals surface area contributed by atoms with Crippen LogP contribution in [0.1, 0.15) is 66.6 Å². The summed E-state index contributed by atoms with van der Waals surface area (Å²) in [7, 11) is 0. The third-order valence-electron chi connectivity index (χ3n) is 3.70. The lowest BCUT2D eigenvalue weighted by Crippen LogP contribution is -2.35. The van der Waals surface area contributed by atoms with E-state index in [1.807, 2.05) is 10.9 Å². The van der Waals surface area contributed by atoms with Gasteiger partial charge >= 0.3 is 0 Å². The SMILES string of the molecule is CC(C)(C)NCc1cn(C2CC(C)(C)OC2(C)C)nn1. The fraction of sp³-hybridized carbons (Fsp3) is 0.867. The highest BCUT2D eigenvalue weighted by Gasteiger charge is 2.47. The maximum Gasteiger partial charge on any atom is 0.0965 e. The lowest BCUT2D eigenvalue weighted by Gasteiger charge is -2.26. The van der Waals surface area contributed by atoms with Gasteiger partial charge in [0.15, 0.2) is 0 Å². The average Bonchev–Trinajstić information content (AvgIpc) is 2.76. The zero-order valence-electron chi connectivity index (χ0n) is 13.8. The second kappa shape index (κ2) is 4.81. The Hall–Kier alpha value is -0.940. The van der Waals surface area contributed by atoms with E-state index in [4.69, 9.17) is 4.74 Å². The molecule has 0 bridgehead atoms. The molecule has 1 aliphatic heterocycles. The summed E-state index contributed by atoms with van der Waals surface area (Å²) >= 11 is 0. The molecule has 1 saturated heterocycles. The molecule has 0 aromatic carbocycles. The van der Waals surface area contributed by atoms with Crippen molar-refractivity contribution < 1.29 is 4.74 Å². The first-order valence-corrected chi connectivity index (χ1v) is 7.34. The lowest BCUT2D eigenvalue weighted by atomic mass is 9.95. The molecule has 1 unspecified atom stereocenters. The van der Waals surface area contributed by atoms with Crippen LogP contribution in [0.15, 0.2) is 6.20 Å². The molecular formula is C15H28N4O. The Labute approximate surface area is 122 Å². The molecular weight excluding hydrogens is 252 g/mol. The molecule has 0 saturated carbocycles. The summed E-state index contributed by atoms with van der Waals surface area (Å²) in [5.41, 5.74) is 0.734. The Morgan fingerprint density at radius 1 is 1.35 bits per heavy atom. The molecule has 0 spiro atoms. The van der Waals surface area contributed by atoms with Crippen molar-refractivity contribution in [3.8, 4) is 0 Å². The van der Waals surface area contributed by atoms with Crippen LogP contribution in [-0.2, 0) is 11.3 Å². The first kappa shape index (κ1) is 15.4. The maximum absolute atomic E-state index is 6.12. The summed E-state index contributed by atoms with van der Waals surface area (Å²) < 4.78 is 8.09. The number of nitrogens with one attached hydrogen (secondary N) is 1. The second-order valence-electron chi connectivity index (χ2n) is 7.98. The first-order valence-electron chi connectivity index (χ1n) is 7.34. The molecule has 0 aliphatic carbocycles. The van der Waals surface area contributed by atoms with Crippen molar-refractivity contribution >= 4 is 0 Å². The molecule has 5 nitrogen and oxygen atoms in total. The zero-order chi connectivity index (χ0) is 15.2. The van der Waals surface area contributed by atoms with Gasteiger partial charge in [0.2, 0.25) is 0 Å². The Kier molecular flexibility index (Phi) is 3.71. The highest BCUT2D eigenvalue weighted by atomic mass is 16.5. The predicted molar refractivity (Wildman–Crippen MR) is 79.5 cm³/mol. The monoisotopic (exact) mass is 280 g/mol. The van der Waals surface area contributed by atoms with Gasteiger partial charge in [0.25, 0.3) is 0 Å². The van der Waals surface area contributed by atoms with Crippen LogP contribution in [0.4, 0.5) is 0 Å². The summed E-state index contributed by atoms with van der Waals surface area (Å²) in [5.74, 6) is 0. The summed E-state index contributed by atoms with van der Waals surface area (Å²) in [5, 5.41) is 12.0. The van der Waals surface area contributed by atoms with Gasteiger partial charge in [-0.15, -0.1) is 5.10 Å². The van der Waals surface area contributed by atoms with Crippen molar-refractivity contribution in [3.05, 3.63) is 11.9 Å². The number of hydrogen-bond acceptors (Lipinski definition) is 4. The maximum atomic E-state index is 6.12. The van der Waals surface area contributed by atoms with Gasteiger partial charge in [-0.2, -0.15) is 0 Å². The van der Waals surface area contributed by atoms with Gasteiger partial charge in [0.05, 0.1) is 29.1 Å². The van der Waals surface area contributed by atoms with Gasteiger partial charge in [-0.05, 0) is 48.5 Å². The molecule has 5 heteroatoms. The van der Waals surface area contributed by atoms with E-state index in [0.717, 1.165) is 18.7 Å². The van der Waals surface area contributed by atoms with Crippen LogP contribution < -0.4 is 5.32 Å². The highest BCUT2D eigenvalue weighted by molar-refractivity contribution is 5.01. The van der Waals surface area contributed by atoms with Gasteiger partial charge < -0.3 is 10.1 Å². The lowest BCUT2D eigenvalue weighted by molar-refractivity contribution is -0.0738. The third-order valence-corrected chi connectivity index (χ3v) is 3.70. The van der Waals surface area contributed by atoms with Gasteiger partial charge in [0.1, 0.15) is 0 Å². The van der Waals surface area contributed by atoms with Crippen LogP contribution in [-0.4, -0.2) is 31.7 Å². The molecule has 1 fully saturated rings. The minimum Gasteiger partial charge on any atom is -0.367 e. The summed E-state index contributed by atoms with van der Waals surface area (Å²) in [6.07, 6.45) is 2.99. The standard InChI is InChI=1S/C15H28N4O/c1-13(2,3)16-9-11-10-19(18-17-11)12-8-14(4,5)20-15(12,6)7/h10,12,16H,8-9H2,1-7H3. The molecule has 2 heterocycles. The van der Waals surface area contributed by atoms with Crippen LogP contribution in [0.2, 0.25) is 0 Å². The van der Waals surface area contributed by atoms with E-state index in [-0.39, 0.29) is 22.8 Å². The topological polar surface area (TPSA) is 52.0 Å². The minimum absolute atomic E-state index is 0.0848. The van der Waals surface area contributed by atoms with E-state index in [1.165, 1.54) is 0 Å². The second-order valence-corrected chi connectivity index (χ2v) is 7.98. The summed E-state index contributed by atoms with van der Waals surface area (Å²) in [6.45, 7) is 15.7. The smallest absolute Gasteiger partial charge is 0.0965 e. The van der Waals surface area contributed by atoms with Gasteiger partial charge in [-0.25, -0.2) is 4.68 Å². The molecule has 1 aliphatic rings. The van der Waals surface area contributed by atoms with Crippen molar-refractivity contribution in [2.75, 3.05) is 0 Å². The molecule has 1 N–H and O–H groups in total. The Morgan fingerprint density at radius 3 is 2.50 bits per heavy atom. The molecule has 2 rings (SSSR count). The van der Waals surface area contributed by atoms with Crippen LogP contribution in [0.3, 0.4) is 0 Å². The van der Waals surface area contributed by atoms with Gasteiger partial charge in [0, 0.05) is 18.5 Å². The number of hydrogen-bond donors (Lipinski definition) is 1. The minimum atomic E-state index is -0.216. The van der Waals surface area contributed by atoms with E-state index >= 15 is 0 Å².